The van der Waals surface area contributed by atoms with E-state index >= 15 is 0 Å². The second-order valence-electron chi connectivity index (χ2n) is 6.46. The molecular weight excluding hydrogens is 414 g/mol. The van der Waals surface area contributed by atoms with E-state index in [1.165, 1.54) is 3.97 Å². The Morgan fingerprint density at radius 3 is 2.65 bits per heavy atom. The normalized spacial score (nSPS) is 17.3. The average Bonchev–Trinajstić information content (AvgIpc) is 3.18. The molecule has 7 heteroatoms. The first-order valence-electron chi connectivity index (χ1n) is 8.27. The van der Waals surface area contributed by atoms with Crippen molar-refractivity contribution in [3.63, 3.8) is 0 Å². The number of halogens is 1. The molecule has 1 unspecified atom stereocenters. The van der Waals surface area contributed by atoms with Crippen LogP contribution in [0.25, 0.3) is 10.9 Å². The molecule has 0 saturated heterocycles. The fourth-order valence-electron chi connectivity index (χ4n) is 3.32. The van der Waals surface area contributed by atoms with E-state index in [0.29, 0.717) is 16.5 Å². The Bertz CT molecular complexity index is 1150. The predicted molar refractivity (Wildman–Crippen MR) is 107 cm³/mol. The zero-order valence-electron chi connectivity index (χ0n) is 14.4. The number of benzene rings is 2. The van der Waals surface area contributed by atoms with Crippen molar-refractivity contribution < 1.29 is 8.42 Å². The van der Waals surface area contributed by atoms with Crippen LogP contribution < -0.4 is 5.32 Å². The summed E-state index contributed by atoms with van der Waals surface area (Å²) in [4.78, 5) is 4.65. The maximum absolute atomic E-state index is 13.3. The van der Waals surface area contributed by atoms with Gasteiger partial charge >= 0.3 is 0 Å². The molecule has 2 heterocycles. The molecule has 3 aromatic rings. The fraction of sp³-hybridized carbons (Fsp3) is 0.211. The largest absolute Gasteiger partial charge is 0.365 e. The first-order chi connectivity index (χ1) is 12.4. The molecule has 26 heavy (non-hydrogen) atoms. The molecule has 1 aromatic heterocycles. The molecule has 0 spiro atoms. The minimum Gasteiger partial charge on any atom is -0.365 e. The summed E-state index contributed by atoms with van der Waals surface area (Å²) in [7, 11) is -3.73. The maximum Gasteiger partial charge on any atom is 0.269 e. The van der Waals surface area contributed by atoms with Crippen molar-refractivity contribution in [2.45, 2.75) is 24.8 Å². The van der Waals surface area contributed by atoms with Gasteiger partial charge in [0.25, 0.3) is 10.0 Å². The molecular formula is C19H18BrN3O2S. The third-order valence-electron chi connectivity index (χ3n) is 4.60. The Morgan fingerprint density at radius 1 is 1.19 bits per heavy atom. The molecule has 0 amide bonds. The van der Waals surface area contributed by atoms with Crippen molar-refractivity contribution in [1.82, 2.24) is 9.29 Å². The Hall–Kier alpha value is -2.12. The average molecular weight is 432 g/mol. The zero-order chi connectivity index (χ0) is 18.5. The van der Waals surface area contributed by atoms with Crippen molar-refractivity contribution >= 4 is 42.7 Å². The maximum atomic E-state index is 13.3. The molecule has 0 saturated carbocycles. The lowest BCUT2D eigenvalue weighted by atomic mass is 10.0. The lowest BCUT2D eigenvalue weighted by molar-refractivity contribution is 0.588. The van der Waals surface area contributed by atoms with E-state index in [4.69, 9.17) is 0 Å². The molecule has 134 valence electrons. The van der Waals surface area contributed by atoms with Crippen molar-refractivity contribution in [2.24, 2.45) is 4.99 Å². The quantitative estimate of drug-likeness (QED) is 0.680. The molecule has 1 aliphatic rings. The number of fused-ring (bicyclic) bond motifs is 1. The number of hydrogen-bond acceptors (Lipinski definition) is 4. The second kappa shape index (κ2) is 6.25. The number of amidine groups is 1. The number of hydrogen-bond donors (Lipinski definition) is 1. The van der Waals surface area contributed by atoms with E-state index in [1.54, 1.807) is 30.5 Å². The monoisotopic (exact) mass is 431 g/mol. The number of aryl methyl sites for hydroxylation is 1. The van der Waals surface area contributed by atoms with Crippen molar-refractivity contribution in [1.29, 1.82) is 0 Å². The topological polar surface area (TPSA) is 63.5 Å². The van der Waals surface area contributed by atoms with Crippen molar-refractivity contribution in [3.8, 4) is 0 Å². The van der Waals surface area contributed by atoms with E-state index in [9.17, 15) is 8.42 Å². The second-order valence-corrected chi connectivity index (χ2v) is 9.10. The summed E-state index contributed by atoms with van der Waals surface area (Å²) in [5, 5.41) is 4.26. The number of aromatic nitrogens is 1. The van der Waals surface area contributed by atoms with E-state index in [0.717, 1.165) is 22.3 Å². The summed E-state index contributed by atoms with van der Waals surface area (Å²) < 4.78 is 28.6. The standard InChI is InChI=1S/C19H18BrN3O2S/c1-12-7-8-18-14(9-12)15(17-10-21-13(2)22-17)11-23(18)26(24,25)19-6-4-3-5-16(19)20/h3-9,11,17H,10H2,1-2H3,(H,21,22). The Kier molecular flexibility index (Phi) is 4.16. The summed E-state index contributed by atoms with van der Waals surface area (Å²) in [5.41, 5.74) is 2.71. The minimum absolute atomic E-state index is 0.0186. The summed E-state index contributed by atoms with van der Waals surface area (Å²) in [6.07, 6.45) is 1.73. The van der Waals surface area contributed by atoms with Gasteiger partial charge in [0, 0.05) is 21.6 Å². The SMILES string of the molecule is CC1=NCC(c2cn(S(=O)(=O)c3ccccc3Br)c3ccc(C)cc23)N1. The first-order valence-corrected chi connectivity index (χ1v) is 10.5. The van der Waals surface area contributed by atoms with Gasteiger partial charge in [-0.25, -0.2) is 12.4 Å². The van der Waals surface area contributed by atoms with Crippen LogP contribution in [0.4, 0.5) is 0 Å². The molecule has 2 aromatic carbocycles. The smallest absolute Gasteiger partial charge is 0.269 e. The predicted octanol–water partition coefficient (Wildman–Crippen LogP) is 4.01. The van der Waals surface area contributed by atoms with E-state index < -0.39 is 10.0 Å². The summed E-state index contributed by atoms with van der Waals surface area (Å²) in [5.74, 6) is 0.872. The molecule has 0 radical (unpaired) electrons. The molecule has 0 bridgehead atoms. The molecule has 4 rings (SSSR count). The van der Waals surface area contributed by atoms with Gasteiger partial charge in [0.05, 0.1) is 23.9 Å². The fourth-order valence-corrected chi connectivity index (χ4v) is 5.67. The summed E-state index contributed by atoms with van der Waals surface area (Å²) >= 11 is 3.36. The Labute approximate surface area is 160 Å². The Balaban J connectivity index is 1.95. The van der Waals surface area contributed by atoms with Gasteiger partial charge in [-0.1, -0.05) is 23.8 Å². The lowest BCUT2D eigenvalue weighted by Gasteiger charge is -2.10. The van der Waals surface area contributed by atoms with E-state index in [2.05, 4.69) is 26.2 Å². The highest BCUT2D eigenvalue weighted by Crippen LogP contribution is 2.33. The van der Waals surface area contributed by atoms with Crippen LogP contribution in [0.2, 0.25) is 0 Å². The van der Waals surface area contributed by atoms with Gasteiger partial charge in [0.2, 0.25) is 0 Å². The third kappa shape index (κ3) is 2.75. The number of nitrogens with one attached hydrogen (secondary N) is 1. The van der Waals surface area contributed by atoms with E-state index in [-0.39, 0.29) is 10.9 Å². The van der Waals surface area contributed by atoms with Gasteiger partial charge in [-0.15, -0.1) is 0 Å². The highest BCUT2D eigenvalue weighted by molar-refractivity contribution is 9.10. The summed E-state index contributed by atoms with van der Waals surface area (Å²) in [6, 6.07) is 12.7. The minimum atomic E-state index is -3.73. The van der Waals surface area contributed by atoms with Crippen LogP contribution in [0.15, 0.2) is 63.0 Å². The molecule has 5 nitrogen and oxygen atoms in total. The van der Waals surface area contributed by atoms with E-state index in [1.807, 2.05) is 32.0 Å². The number of nitrogens with zero attached hydrogens (tertiary/aromatic N) is 2. The van der Waals surface area contributed by atoms with Gasteiger partial charge in [-0.2, -0.15) is 0 Å². The molecule has 1 aliphatic heterocycles. The number of rotatable bonds is 3. The zero-order valence-corrected chi connectivity index (χ0v) is 16.8. The first kappa shape index (κ1) is 17.3. The van der Waals surface area contributed by atoms with Gasteiger partial charge in [0.15, 0.2) is 0 Å². The van der Waals surface area contributed by atoms with Crippen LogP contribution in [0.5, 0.6) is 0 Å². The van der Waals surface area contributed by atoms with Gasteiger partial charge in [-0.3, -0.25) is 4.99 Å². The van der Waals surface area contributed by atoms with Crippen LogP contribution in [-0.4, -0.2) is 24.8 Å². The van der Waals surface area contributed by atoms with Gasteiger partial charge in [-0.05, 0) is 54.0 Å². The van der Waals surface area contributed by atoms with Crippen LogP contribution in [0.3, 0.4) is 0 Å². The van der Waals surface area contributed by atoms with Crippen LogP contribution in [-0.2, 0) is 10.0 Å². The molecule has 1 atom stereocenters. The molecule has 0 aliphatic carbocycles. The van der Waals surface area contributed by atoms with Crippen LogP contribution in [0, 0.1) is 6.92 Å². The van der Waals surface area contributed by atoms with Crippen molar-refractivity contribution in [2.75, 3.05) is 6.54 Å². The van der Waals surface area contributed by atoms with Gasteiger partial charge in [0.1, 0.15) is 4.90 Å². The van der Waals surface area contributed by atoms with Crippen molar-refractivity contribution in [3.05, 3.63) is 64.3 Å². The molecule has 0 fully saturated rings. The third-order valence-corrected chi connectivity index (χ3v) is 7.29. The molecule has 1 N–H and O–H groups in total. The number of aliphatic imine (C=N–C) groups is 1. The summed E-state index contributed by atoms with van der Waals surface area (Å²) in [6.45, 7) is 4.53. The van der Waals surface area contributed by atoms with Crippen LogP contribution >= 0.6 is 15.9 Å². The Morgan fingerprint density at radius 2 is 1.96 bits per heavy atom. The highest BCUT2D eigenvalue weighted by Gasteiger charge is 2.27. The lowest BCUT2D eigenvalue weighted by Crippen LogP contribution is -2.20. The van der Waals surface area contributed by atoms with Gasteiger partial charge < -0.3 is 5.32 Å². The van der Waals surface area contributed by atoms with Crippen LogP contribution in [0.1, 0.15) is 24.1 Å². The highest BCUT2D eigenvalue weighted by atomic mass is 79.9.